The second-order valence-electron chi connectivity index (χ2n) is 6.18. The molecule has 3 nitrogen and oxygen atoms in total. The molecule has 0 bridgehead atoms. The molecule has 2 saturated carbocycles. The lowest BCUT2D eigenvalue weighted by Crippen LogP contribution is -2.55. The minimum absolute atomic E-state index is 0.0273. The number of nitrogens with zero attached hydrogens (tertiary/aromatic N) is 1. The molecule has 3 atom stereocenters. The van der Waals surface area contributed by atoms with E-state index >= 15 is 0 Å². The average molecular weight is 240 g/mol. The molecule has 3 unspecified atom stereocenters. The molecule has 0 heterocycles. The van der Waals surface area contributed by atoms with E-state index < -0.39 is 0 Å². The number of nitrogens with one attached hydrogen (secondary N) is 1. The molecule has 100 valence electrons. The molecule has 2 fully saturated rings. The first-order valence-electron chi connectivity index (χ1n) is 7.13. The number of likely N-dealkylation sites (N-methyl/N-ethyl adjacent to an activating group) is 1. The predicted octanol–water partition coefficient (Wildman–Crippen LogP) is 1.61. The minimum atomic E-state index is -0.0273. The molecular weight excluding hydrogens is 212 g/mol. The Kier molecular flexibility index (Phi) is 4.11. The van der Waals surface area contributed by atoms with Crippen LogP contribution in [0.2, 0.25) is 0 Å². The van der Waals surface area contributed by atoms with Gasteiger partial charge >= 0.3 is 0 Å². The van der Waals surface area contributed by atoms with Gasteiger partial charge in [-0.2, -0.15) is 0 Å². The molecule has 0 aromatic rings. The van der Waals surface area contributed by atoms with Crippen molar-refractivity contribution in [3.63, 3.8) is 0 Å². The number of hydrogen-bond acceptors (Lipinski definition) is 3. The highest BCUT2D eigenvalue weighted by atomic mass is 16.3. The van der Waals surface area contributed by atoms with Crippen molar-refractivity contribution in [2.45, 2.75) is 63.1 Å². The van der Waals surface area contributed by atoms with Crippen LogP contribution in [0.1, 0.15) is 45.4 Å². The molecule has 0 amide bonds. The summed E-state index contributed by atoms with van der Waals surface area (Å²) in [6.45, 7) is 2.64. The highest BCUT2D eigenvalue weighted by molar-refractivity contribution is 4.97. The first-order valence-corrected chi connectivity index (χ1v) is 7.13. The van der Waals surface area contributed by atoms with Gasteiger partial charge in [-0.1, -0.05) is 0 Å². The summed E-state index contributed by atoms with van der Waals surface area (Å²) in [6, 6.07) is 1.35. The summed E-state index contributed by atoms with van der Waals surface area (Å²) < 4.78 is 0. The average Bonchev–Trinajstić information content (AvgIpc) is 3.21. The summed E-state index contributed by atoms with van der Waals surface area (Å²) in [5.74, 6) is 0.931. The Hall–Kier alpha value is -0.120. The standard InChI is InChI=1S/C14H28N2O/c1-11(12-6-7-12)16(3)13-5-4-8-14(9-13,10-17)15-2/h11-13,15,17H,4-10H2,1-3H3. The van der Waals surface area contributed by atoms with Crippen molar-refractivity contribution in [1.82, 2.24) is 10.2 Å². The first-order chi connectivity index (χ1) is 8.12. The summed E-state index contributed by atoms with van der Waals surface area (Å²) in [5.41, 5.74) is -0.0273. The minimum Gasteiger partial charge on any atom is -0.394 e. The van der Waals surface area contributed by atoms with Crippen LogP contribution in [0.25, 0.3) is 0 Å². The Balaban J connectivity index is 1.95. The SMILES string of the molecule is CNC1(CO)CCCC(N(C)C(C)C2CC2)C1. The molecule has 2 rings (SSSR count). The van der Waals surface area contributed by atoms with E-state index in [2.05, 4.69) is 24.2 Å². The van der Waals surface area contributed by atoms with Crippen LogP contribution >= 0.6 is 0 Å². The fourth-order valence-corrected chi connectivity index (χ4v) is 3.37. The molecule has 0 spiro atoms. The van der Waals surface area contributed by atoms with Crippen LogP contribution in [0.15, 0.2) is 0 Å². The zero-order chi connectivity index (χ0) is 12.5. The zero-order valence-corrected chi connectivity index (χ0v) is 11.6. The fraction of sp³-hybridized carbons (Fsp3) is 1.00. The topological polar surface area (TPSA) is 35.5 Å². The highest BCUT2D eigenvalue weighted by Crippen LogP contribution is 2.38. The molecule has 0 aromatic carbocycles. The van der Waals surface area contributed by atoms with Gasteiger partial charge in [0.1, 0.15) is 0 Å². The van der Waals surface area contributed by atoms with Gasteiger partial charge in [0.15, 0.2) is 0 Å². The van der Waals surface area contributed by atoms with Gasteiger partial charge in [-0.3, -0.25) is 0 Å². The zero-order valence-electron chi connectivity index (χ0n) is 11.6. The van der Waals surface area contributed by atoms with Crippen LogP contribution in [0, 0.1) is 5.92 Å². The van der Waals surface area contributed by atoms with E-state index in [9.17, 15) is 5.11 Å². The third-order valence-corrected chi connectivity index (χ3v) is 5.17. The van der Waals surface area contributed by atoms with Crippen molar-refractivity contribution in [1.29, 1.82) is 0 Å². The summed E-state index contributed by atoms with van der Waals surface area (Å²) in [6.07, 6.45) is 7.55. The Labute approximate surface area is 106 Å². The van der Waals surface area contributed by atoms with Crippen LogP contribution in [-0.2, 0) is 0 Å². The quantitative estimate of drug-likeness (QED) is 0.766. The molecule has 2 N–H and O–H groups in total. The van der Waals surface area contributed by atoms with Crippen LogP contribution in [0.3, 0.4) is 0 Å². The van der Waals surface area contributed by atoms with E-state index in [1.54, 1.807) is 0 Å². The van der Waals surface area contributed by atoms with Gasteiger partial charge in [0, 0.05) is 17.6 Å². The van der Waals surface area contributed by atoms with Crippen LogP contribution in [0.5, 0.6) is 0 Å². The van der Waals surface area contributed by atoms with Crippen molar-refractivity contribution >= 4 is 0 Å². The maximum Gasteiger partial charge on any atom is 0.0613 e. The second-order valence-corrected chi connectivity index (χ2v) is 6.18. The van der Waals surface area contributed by atoms with E-state index in [-0.39, 0.29) is 12.1 Å². The number of aliphatic hydroxyl groups is 1. The molecule has 3 heteroatoms. The van der Waals surface area contributed by atoms with Crippen molar-refractivity contribution in [3.05, 3.63) is 0 Å². The molecule has 0 aromatic heterocycles. The van der Waals surface area contributed by atoms with Crippen molar-refractivity contribution in [2.75, 3.05) is 20.7 Å². The van der Waals surface area contributed by atoms with Gasteiger partial charge in [-0.25, -0.2) is 0 Å². The third-order valence-electron chi connectivity index (χ3n) is 5.17. The van der Waals surface area contributed by atoms with E-state index in [4.69, 9.17) is 0 Å². The fourth-order valence-electron chi connectivity index (χ4n) is 3.37. The predicted molar refractivity (Wildman–Crippen MR) is 71.1 cm³/mol. The summed E-state index contributed by atoms with van der Waals surface area (Å²) >= 11 is 0. The Bertz CT molecular complexity index is 249. The number of rotatable bonds is 5. The van der Waals surface area contributed by atoms with Crippen LogP contribution in [0.4, 0.5) is 0 Å². The highest BCUT2D eigenvalue weighted by Gasteiger charge is 2.39. The molecule has 0 saturated heterocycles. The largest absolute Gasteiger partial charge is 0.394 e. The van der Waals surface area contributed by atoms with Gasteiger partial charge in [0.05, 0.1) is 6.61 Å². The van der Waals surface area contributed by atoms with Gasteiger partial charge in [-0.15, -0.1) is 0 Å². The lowest BCUT2D eigenvalue weighted by molar-refractivity contribution is 0.0555. The third kappa shape index (κ3) is 2.83. The summed E-state index contributed by atoms with van der Waals surface area (Å²) in [5, 5.41) is 13.0. The molecule has 0 aliphatic heterocycles. The molecule has 2 aliphatic carbocycles. The van der Waals surface area contributed by atoms with Gasteiger partial charge < -0.3 is 15.3 Å². The summed E-state index contributed by atoms with van der Waals surface area (Å²) in [7, 11) is 4.26. The van der Waals surface area contributed by atoms with E-state index in [0.717, 1.165) is 18.8 Å². The molecule has 17 heavy (non-hydrogen) atoms. The van der Waals surface area contributed by atoms with Crippen molar-refractivity contribution < 1.29 is 5.11 Å². The second kappa shape index (κ2) is 5.25. The van der Waals surface area contributed by atoms with Crippen LogP contribution < -0.4 is 5.32 Å². The molecule has 2 aliphatic rings. The maximum atomic E-state index is 9.62. The first kappa shape index (κ1) is 13.3. The lowest BCUT2D eigenvalue weighted by Gasteiger charge is -2.44. The Morgan fingerprint density at radius 2 is 2.12 bits per heavy atom. The van der Waals surface area contributed by atoms with E-state index in [1.807, 2.05) is 7.05 Å². The molecule has 0 radical (unpaired) electrons. The van der Waals surface area contributed by atoms with Crippen molar-refractivity contribution in [3.8, 4) is 0 Å². The smallest absolute Gasteiger partial charge is 0.0613 e. The maximum absolute atomic E-state index is 9.62. The lowest BCUT2D eigenvalue weighted by atomic mass is 9.78. The van der Waals surface area contributed by atoms with Crippen molar-refractivity contribution in [2.24, 2.45) is 5.92 Å². The molecular formula is C14H28N2O. The Morgan fingerprint density at radius 1 is 1.41 bits per heavy atom. The van der Waals surface area contributed by atoms with Crippen LogP contribution in [-0.4, -0.2) is 48.3 Å². The normalized spacial score (nSPS) is 36.2. The number of hydrogen-bond donors (Lipinski definition) is 2. The van der Waals surface area contributed by atoms with E-state index in [0.29, 0.717) is 12.1 Å². The monoisotopic (exact) mass is 240 g/mol. The van der Waals surface area contributed by atoms with E-state index in [1.165, 1.54) is 25.7 Å². The van der Waals surface area contributed by atoms with Gasteiger partial charge in [0.25, 0.3) is 0 Å². The van der Waals surface area contributed by atoms with Gasteiger partial charge in [0.2, 0.25) is 0 Å². The van der Waals surface area contributed by atoms with Gasteiger partial charge in [-0.05, 0) is 65.5 Å². The number of aliphatic hydroxyl groups excluding tert-OH is 1. The summed E-state index contributed by atoms with van der Waals surface area (Å²) in [4.78, 5) is 2.57. The Morgan fingerprint density at radius 3 is 2.65 bits per heavy atom.